The Hall–Kier alpha value is -1.24. The molecule has 0 aliphatic heterocycles. The molecule has 0 fully saturated rings. The van der Waals surface area contributed by atoms with E-state index in [1.54, 1.807) is 14.2 Å². The molecule has 1 heterocycles. The number of nitrogens with two attached hydrogens (primary N) is 1. The van der Waals surface area contributed by atoms with Crippen molar-refractivity contribution in [2.75, 3.05) is 32.7 Å². The minimum atomic E-state index is -0.392. The van der Waals surface area contributed by atoms with Crippen LogP contribution in [0.25, 0.3) is 0 Å². The number of nitrogens with one attached hydrogen (secondary N) is 1. The molecular weight excluding hydrogens is 225 g/mol. The number of pyridine rings is 1. The second kappa shape index (κ2) is 7.16. The zero-order valence-electron chi connectivity index (χ0n) is 10.1. The molecule has 1 atom stereocenters. The number of anilines is 1. The second-order valence-corrected chi connectivity index (χ2v) is 3.56. The Morgan fingerprint density at radius 3 is 2.88 bits per heavy atom. The Morgan fingerprint density at radius 1 is 1.53 bits per heavy atom. The minimum absolute atomic E-state index is 0.0857. The van der Waals surface area contributed by atoms with Crippen molar-refractivity contribution in [3.05, 3.63) is 23.6 Å². The topological polar surface area (TPSA) is 69.4 Å². The van der Waals surface area contributed by atoms with Gasteiger partial charge < -0.3 is 20.5 Å². The average Bonchev–Trinajstić information content (AvgIpc) is 2.35. The number of aromatic nitrogens is 1. The van der Waals surface area contributed by atoms with Gasteiger partial charge in [-0.25, -0.2) is 9.37 Å². The lowest BCUT2D eigenvalue weighted by Crippen LogP contribution is -2.27. The molecular formula is C11H18FN3O2. The van der Waals surface area contributed by atoms with E-state index in [0.717, 1.165) is 6.20 Å². The summed E-state index contributed by atoms with van der Waals surface area (Å²) in [7, 11) is 3.21. The Kier molecular flexibility index (Phi) is 5.82. The molecule has 0 radical (unpaired) electrons. The van der Waals surface area contributed by atoms with Gasteiger partial charge in [-0.2, -0.15) is 0 Å². The van der Waals surface area contributed by atoms with Crippen LogP contribution in [-0.2, 0) is 16.0 Å². The van der Waals surface area contributed by atoms with E-state index in [0.29, 0.717) is 24.5 Å². The van der Waals surface area contributed by atoms with Crippen LogP contribution >= 0.6 is 0 Å². The Morgan fingerprint density at radius 2 is 2.29 bits per heavy atom. The van der Waals surface area contributed by atoms with Gasteiger partial charge in [0.25, 0.3) is 0 Å². The van der Waals surface area contributed by atoms with E-state index >= 15 is 0 Å². The molecule has 1 aromatic rings. The fourth-order valence-electron chi connectivity index (χ4n) is 1.40. The molecule has 0 spiro atoms. The molecule has 96 valence electrons. The maximum Gasteiger partial charge on any atom is 0.141 e. The Balaban J connectivity index is 2.61. The third kappa shape index (κ3) is 4.26. The van der Waals surface area contributed by atoms with Gasteiger partial charge in [-0.1, -0.05) is 0 Å². The number of nitrogens with zero attached hydrogens (tertiary/aromatic N) is 1. The number of halogens is 1. The molecule has 1 aromatic heterocycles. The highest BCUT2D eigenvalue weighted by atomic mass is 19.1. The first-order valence-corrected chi connectivity index (χ1v) is 5.31. The van der Waals surface area contributed by atoms with Crippen molar-refractivity contribution in [2.24, 2.45) is 5.73 Å². The summed E-state index contributed by atoms with van der Waals surface area (Å²) in [6, 6.07) is 1.37. The molecule has 0 amide bonds. The van der Waals surface area contributed by atoms with Crippen LogP contribution in [0.2, 0.25) is 0 Å². The summed E-state index contributed by atoms with van der Waals surface area (Å²) in [5.74, 6) is 0.184. The number of hydrogen-bond acceptors (Lipinski definition) is 5. The first-order valence-electron chi connectivity index (χ1n) is 5.31. The summed E-state index contributed by atoms with van der Waals surface area (Å²) >= 11 is 0. The first-order chi connectivity index (χ1) is 8.21. The number of hydrogen-bond donors (Lipinski definition) is 2. The minimum Gasteiger partial charge on any atom is -0.382 e. The van der Waals surface area contributed by atoms with Crippen LogP contribution < -0.4 is 11.1 Å². The summed E-state index contributed by atoms with van der Waals surface area (Å²) in [5.41, 5.74) is 6.15. The van der Waals surface area contributed by atoms with Gasteiger partial charge >= 0.3 is 0 Å². The third-order valence-corrected chi connectivity index (χ3v) is 2.34. The average molecular weight is 243 g/mol. The number of ether oxygens (including phenoxy) is 2. The molecule has 0 aliphatic rings. The molecule has 0 bridgehead atoms. The van der Waals surface area contributed by atoms with E-state index in [9.17, 15) is 4.39 Å². The predicted molar refractivity (Wildman–Crippen MR) is 63.2 cm³/mol. The smallest absolute Gasteiger partial charge is 0.141 e. The molecule has 0 aliphatic carbocycles. The van der Waals surface area contributed by atoms with Gasteiger partial charge in [0.05, 0.1) is 18.9 Å². The van der Waals surface area contributed by atoms with Gasteiger partial charge in [-0.3, -0.25) is 0 Å². The van der Waals surface area contributed by atoms with Crippen molar-refractivity contribution >= 4 is 5.82 Å². The summed E-state index contributed by atoms with van der Waals surface area (Å²) < 4.78 is 23.1. The van der Waals surface area contributed by atoms with Crippen LogP contribution in [0.1, 0.15) is 5.56 Å². The summed E-state index contributed by atoms with van der Waals surface area (Å²) in [5, 5.41) is 3.06. The van der Waals surface area contributed by atoms with Crippen molar-refractivity contribution < 1.29 is 13.9 Å². The molecule has 0 saturated heterocycles. The molecule has 6 heteroatoms. The largest absolute Gasteiger partial charge is 0.382 e. The summed E-state index contributed by atoms with van der Waals surface area (Å²) in [6.07, 6.45) is 1.07. The molecule has 3 N–H and O–H groups in total. The van der Waals surface area contributed by atoms with Crippen LogP contribution in [0.5, 0.6) is 0 Å². The molecule has 1 rings (SSSR count). The maximum absolute atomic E-state index is 12.9. The standard InChI is InChI=1S/C11H18FN3O2/c1-16-7-10(17-2)6-15-11-8(4-13)3-9(12)5-14-11/h3,5,10H,4,6-7,13H2,1-2H3,(H,14,15). The fourth-order valence-corrected chi connectivity index (χ4v) is 1.40. The zero-order valence-corrected chi connectivity index (χ0v) is 10.1. The van der Waals surface area contributed by atoms with Gasteiger partial charge in [0.15, 0.2) is 0 Å². The van der Waals surface area contributed by atoms with Crippen molar-refractivity contribution in [3.8, 4) is 0 Å². The van der Waals surface area contributed by atoms with Crippen molar-refractivity contribution in [3.63, 3.8) is 0 Å². The lowest BCUT2D eigenvalue weighted by atomic mass is 10.2. The Labute approximate surface area is 100 Å². The van der Waals surface area contributed by atoms with Gasteiger partial charge in [-0.15, -0.1) is 0 Å². The third-order valence-electron chi connectivity index (χ3n) is 2.34. The maximum atomic E-state index is 12.9. The summed E-state index contributed by atoms with van der Waals surface area (Å²) in [4.78, 5) is 3.95. The molecule has 5 nitrogen and oxygen atoms in total. The second-order valence-electron chi connectivity index (χ2n) is 3.56. The van der Waals surface area contributed by atoms with Crippen molar-refractivity contribution in [1.29, 1.82) is 0 Å². The van der Waals surface area contributed by atoms with Gasteiger partial charge in [0.1, 0.15) is 11.6 Å². The van der Waals surface area contributed by atoms with E-state index in [1.807, 2.05) is 0 Å². The first kappa shape index (κ1) is 13.8. The Bertz CT molecular complexity index is 349. The van der Waals surface area contributed by atoms with Crippen LogP contribution in [0, 0.1) is 5.82 Å². The fraction of sp³-hybridized carbons (Fsp3) is 0.545. The van der Waals surface area contributed by atoms with Gasteiger partial charge in [0.2, 0.25) is 0 Å². The highest BCUT2D eigenvalue weighted by Gasteiger charge is 2.09. The van der Waals surface area contributed by atoms with Crippen molar-refractivity contribution in [1.82, 2.24) is 4.98 Å². The number of methoxy groups -OCH3 is 2. The highest BCUT2D eigenvalue weighted by Crippen LogP contribution is 2.12. The van der Waals surface area contributed by atoms with Gasteiger partial charge in [0, 0.05) is 32.9 Å². The monoisotopic (exact) mass is 243 g/mol. The van der Waals surface area contributed by atoms with Crippen LogP contribution in [0.4, 0.5) is 10.2 Å². The lowest BCUT2D eigenvalue weighted by Gasteiger charge is -2.16. The quantitative estimate of drug-likeness (QED) is 0.739. The van der Waals surface area contributed by atoms with Crippen LogP contribution in [0.3, 0.4) is 0 Å². The normalized spacial score (nSPS) is 12.5. The molecule has 17 heavy (non-hydrogen) atoms. The highest BCUT2D eigenvalue weighted by molar-refractivity contribution is 5.43. The zero-order chi connectivity index (χ0) is 12.7. The lowest BCUT2D eigenvalue weighted by molar-refractivity contribution is 0.0365. The van der Waals surface area contributed by atoms with Gasteiger partial charge in [-0.05, 0) is 6.07 Å². The van der Waals surface area contributed by atoms with E-state index in [1.165, 1.54) is 6.07 Å². The summed E-state index contributed by atoms with van der Waals surface area (Å²) in [6.45, 7) is 1.23. The van der Waals surface area contributed by atoms with Crippen molar-refractivity contribution in [2.45, 2.75) is 12.6 Å². The van der Waals surface area contributed by atoms with Crippen LogP contribution in [0.15, 0.2) is 12.3 Å². The molecule has 1 unspecified atom stereocenters. The molecule has 0 saturated carbocycles. The van der Waals surface area contributed by atoms with Crippen LogP contribution in [-0.4, -0.2) is 38.5 Å². The number of rotatable bonds is 7. The predicted octanol–water partition coefficient (Wildman–Crippen LogP) is 0.753. The van der Waals surface area contributed by atoms with E-state index in [2.05, 4.69) is 10.3 Å². The van der Waals surface area contributed by atoms with E-state index < -0.39 is 5.82 Å². The van der Waals surface area contributed by atoms with E-state index in [-0.39, 0.29) is 12.6 Å². The van der Waals surface area contributed by atoms with E-state index in [4.69, 9.17) is 15.2 Å². The SMILES string of the molecule is COCC(CNc1ncc(F)cc1CN)OC. The molecule has 0 aromatic carbocycles.